The van der Waals surface area contributed by atoms with E-state index in [0.29, 0.717) is 0 Å². The summed E-state index contributed by atoms with van der Waals surface area (Å²) in [6.07, 6.45) is 0. The van der Waals surface area contributed by atoms with E-state index < -0.39 is 16.1 Å². The zero-order valence-electron chi connectivity index (χ0n) is 10.6. The molecule has 108 valence electrons. The molecule has 0 heterocycles. The first-order chi connectivity index (χ1) is 9.47. The SMILES string of the molecule is NC(=O)NCCNS(=O)(=O)c1ccccc1C#CCO. The summed E-state index contributed by atoms with van der Waals surface area (Å²) >= 11 is 0. The van der Waals surface area contributed by atoms with Crippen LogP contribution in [0.3, 0.4) is 0 Å². The number of nitrogens with two attached hydrogens (primary N) is 1. The quantitative estimate of drug-likeness (QED) is 0.410. The Morgan fingerprint density at radius 2 is 2.00 bits per heavy atom. The first-order valence-corrected chi connectivity index (χ1v) is 7.17. The summed E-state index contributed by atoms with van der Waals surface area (Å²) in [7, 11) is -3.75. The number of aliphatic hydroxyl groups excluding tert-OH is 1. The minimum atomic E-state index is -3.75. The minimum absolute atomic E-state index is 0.00698. The molecule has 0 aliphatic heterocycles. The zero-order valence-corrected chi connectivity index (χ0v) is 11.4. The van der Waals surface area contributed by atoms with Crippen LogP contribution in [-0.4, -0.2) is 39.3 Å². The van der Waals surface area contributed by atoms with Gasteiger partial charge in [0.05, 0.1) is 4.90 Å². The summed E-state index contributed by atoms with van der Waals surface area (Å²) in [5.41, 5.74) is 5.15. The monoisotopic (exact) mass is 297 g/mol. The van der Waals surface area contributed by atoms with Crippen molar-refractivity contribution in [3.05, 3.63) is 29.8 Å². The van der Waals surface area contributed by atoms with E-state index >= 15 is 0 Å². The second-order valence-electron chi connectivity index (χ2n) is 3.64. The number of sulfonamides is 1. The van der Waals surface area contributed by atoms with E-state index in [0.717, 1.165) is 0 Å². The highest BCUT2D eigenvalue weighted by molar-refractivity contribution is 7.89. The van der Waals surface area contributed by atoms with Gasteiger partial charge in [-0.25, -0.2) is 17.9 Å². The lowest BCUT2D eigenvalue weighted by Gasteiger charge is -2.08. The lowest BCUT2D eigenvalue weighted by Crippen LogP contribution is -2.37. The van der Waals surface area contributed by atoms with E-state index in [1.165, 1.54) is 6.07 Å². The number of primary amides is 1. The summed E-state index contributed by atoms with van der Waals surface area (Å²) in [4.78, 5) is 10.5. The molecule has 0 aromatic heterocycles. The van der Waals surface area contributed by atoms with Crippen LogP contribution in [0, 0.1) is 11.8 Å². The maximum absolute atomic E-state index is 12.1. The fourth-order valence-electron chi connectivity index (χ4n) is 1.39. The Bertz CT molecular complexity index is 632. The van der Waals surface area contributed by atoms with E-state index in [-0.39, 0.29) is 30.2 Å². The maximum atomic E-state index is 12.1. The number of aliphatic hydroxyl groups is 1. The van der Waals surface area contributed by atoms with Crippen LogP contribution in [0.25, 0.3) is 0 Å². The molecule has 1 aromatic rings. The molecule has 1 rings (SSSR count). The van der Waals surface area contributed by atoms with Crippen molar-refractivity contribution < 1.29 is 18.3 Å². The molecule has 0 aliphatic carbocycles. The molecule has 0 atom stereocenters. The summed E-state index contributed by atoms with van der Waals surface area (Å²) in [6.45, 7) is -0.267. The Kier molecular flexibility index (Phi) is 5.99. The van der Waals surface area contributed by atoms with Crippen LogP contribution < -0.4 is 15.8 Å². The molecule has 20 heavy (non-hydrogen) atoms. The van der Waals surface area contributed by atoms with Crippen molar-refractivity contribution in [2.24, 2.45) is 5.73 Å². The van der Waals surface area contributed by atoms with Gasteiger partial charge in [-0.05, 0) is 12.1 Å². The predicted octanol–water partition coefficient (Wildman–Crippen LogP) is -1.02. The van der Waals surface area contributed by atoms with Crippen molar-refractivity contribution in [1.82, 2.24) is 10.0 Å². The average Bonchev–Trinajstić information content (AvgIpc) is 2.41. The number of hydrogen-bond acceptors (Lipinski definition) is 4. The molecule has 7 nitrogen and oxygen atoms in total. The van der Waals surface area contributed by atoms with E-state index in [1.54, 1.807) is 18.2 Å². The lowest BCUT2D eigenvalue weighted by atomic mass is 10.2. The fraction of sp³-hybridized carbons (Fsp3) is 0.250. The van der Waals surface area contributed by atoms with Crippen molar-refractivity contribution in [3.8, 4) is 11.8 Å². The van der Waals surface area contributed by atoms with Crippen LogP contribution in [-0.2, 0) is 10.0 Å². The van der Waals surface area contributed by atoms with Crippen LogP contribution in [0.5, 0.6) is 0 Å². The molecule has 0 unspecified atom stereocenters. The third-order valence-electron chi connectivity index (χ3n) is 2.20. The second kappa shape index (κ2) is 7.49. The van der Waals surface area contributed by atoms with E-state index in [2.05, 4.69) is 21.9 Å². The highest BCUT2D eigenvalue weighted by Crippen LogP contribution is 2.13. The van der Waals surface area contributed by atoms with Crippen LogP contribution in [0.4, 0.5) is 4.79 Å². The average molecular weight is 297 g/mol. The van der Waals surface area contributed by atoms with Gasteiger partial charge in [-0.1, -0.05) is 24.0 Å². The van der Waals surface area contributed by atoms with Crippen molar-refractivity contribution in [2.75, 3.05) is 19.7 Å². The van der Waals surface area contributed by atoms with Crippen LogP contribution >= 0.6 is 0 Å². The Hall–Kier alpha value is -2.08. The van der Waals surface area contributed by atoms with Crippen molar-refractivity contribution in [1.29, 1.82) is 0 Å². The Morgan fingerprint density at radius 1 is 1.30 bits per heavy atom. The molecule has 0 aliphatic rings. The number of urea groups is 1. The molecule has 8 heteroatoms. The van der Waals surface area contributed by atoms with Gasteiger partial charge in [0.1, 0.15) is 6.61 Å². The molecule has 1 aromatic carbocycles. The van der Waals surface area contributed by atoms with Crippen molar-refractivity contribution >= 4 is 16.1 Å². The minimum Gasteiger partial charge on any atom is -0.384 e. The first kappa shape index (κ1) is 16.0. The molecule has 2 amide bonds. The smallest absolute Gasteiger partial charge is 0.312 e. The van der Waals surface area contributed by atoms with Gasteiger partial charge in [-0.3, -0.25) is 0 Å². The normalized spacial score (nSPS) is 10.4. The van der Waals surface area contributed by atoms with Gasteiger partial charge in [-0.2, -0.15) is 0 Å². The van der Waals surface area contributed by atoms with E-state index in [9.17, 15) is 13.2 Å². The highest BCUT2D eigenvalue weighted by Gasteiger charge is 2.16. The van der Waals surface area contributed by atoms with Gasteiger partial charge in [0.15, 0.2) is 0 Å². The highest BCUT2D eigenvalue weighted by atomic mass is 32.2. The van der Waals surface area contributed by atoms with E-state index in [4.69, 9.17) is 10.8 Å². The molecule has 0 saturated carbocycles. The van der Waals surface area contributed by atoms with Gasteiger partial charge >= 0.3 is 6.03 Å². The largest absolute Gasteiger partial charge is 0.384 e. The Morgan fingerprint density at radius 3 is 2.65 bits per heavy atom. The molecule has 0 saturated heterocycles. The van der Waals surface area contributed by atoms with Gasteiger partial charge in [-0.15, -0.1) is 0 Å². The molecule has 0 radical (unpaired) electrons. The molecule has 5 N–H and O–H groups in total. The van der Waals surface area contributed by atoms with Gasteiger partial charge < -0.3 is 16.2 Å². The molecule has 0 spiro atoms. The van der Waals surface area contributed by atoms with Crippen LogP contribution in [0.1, 0.15) is 5.56 Å². The Labute approximate surface area is 117 Å². The van der Waals surface area contributed by atoms with Gasteiger partial charge in [0, 0.05) is 18.7 Å². The zero-order chi connectivity index (χ0) is 15.0. The van der Waals surface area contributed by atoms with Gasteiger partial charge in [0.2, 0.25) is 10.0 Å². The predicted molar refractivity (Wildman–Crippen MR) is 73.2 cm³/mol. The molecule has 0 bridgehead atoms. The van der Waals surface area contributed by atoms with Crippen LogP contribution in [0.15, 0.2) is 29.2 Å². The number of amides is 2. The number of nitrogens with one attached hydrogen (secondary N) is 2. The number of hydrogen-bond donors (Lipinski definition) is 4. The summed E-state index contributed by atoms with van der Waals surface area (Å²) in [5, 5.41) is 10.9. The Balaban J connectivity index is 2.84. The standard InChI is InChI=1S/C12H15N3O4S/c13-12(17)14-7-8-15-20(18,19)11-6-2-1-4-10(11)5-3-9-16/h1-2,4,6,15-16H,7-9H2,(H3,13,14,17). The second-order valence-corrected chi connectivity index (χ2v) is 5.38. The molecular weight excluding hydrogens is 282 g/mol. The van der Waals surface area contributed by atoms with Gasteiger partial charge in [0.25, 0.3) is 0 Å². The number of carbonyl (C=O) groups is 1. The molecular formula is C12H15N3O4S. The van der Waals surface area contributed by atoms with E-state index in [1.807, 2.05) is 0 Å². The number of carbonyl (C=O) groups excluding carboxylic acids is 1. The maximum Gasteiger partial charge on any atom is 0.312 e. The topological polar surface area (TPSA) is 122 Å². The summed E-state index contributed by atoms with van der Waals surface area (Å²) in [5.74, 6) is 4.97. The number of benzene rings is 1. The van der Waals surface area contributed by atoms with Crippen molar-refractivity contribution in [2.45, 2.75) is 4.90 Å². The lowest BCUT2D eigenvalue weighted by molar-refractivity contribution is 0.249. The summed E-state index contributed by atoms with van der Waals surface area (Å²) in [6, 6.07) is 5.44. The number of rotatable bonds is 5. The third kappa shape index (κ3) is 4.89. The molecule has 0 fully saturated rings. The fourth-order valence-corrected chi connectivity index (χ4v) is 2.58. The first-order valence-electron chi connectivity index (χ1n) is 5.69. The third-order valence-corrected chi connectivity index (χ3v) is 3.71. The van der Waals surface area contributed by atoms with Crippen LogP contribution in [0.2, 0.25) is 0 Å². The van der Waals surface area contributed by atoms with Crippen molar-refractivity contribution in [3.63, 3.8) is 0 Å². The summed E-state index contributed by atoms with van der Waals surface area (Å²) < 4.78 is 26.5.